The maximum atomic E-state index is 5.62. The second-order valence-electron chi connectivity index (χ2n) is 15.5. The number of anilines is 3. The average molecular weight is 801 g/mol. The third kappa shape index (κ3) is 4.69. The van der Waals surface area contributed by atoms with E-state index in [1.165, 1.54) is 58.5 Å². The van der Waals surface area contributed by atoms with E-state index >= 15 is 0 Å². The van der Waals surface area contributed by atoms with Crippen LogP contribution in [0.5, 0.6) is 0 Å². The SMILES string of the molecule is c1ccc2c(c1)Sc1c(ccc3c1Sc1ccccc1C31c3cccnc3-c3nc(-c4ccccc4-c4cccc5cccnc45)ccc31)N2c1cccc2ccccc12. The van der Waals surface area contributed by atoms with Gasteiger partial charge in [0.25, 0.3) is 0 Å². The molecule has 280 valence electrons. The summed E-state index contributed by atoms with van der Waals surface area (Å²) in [7, 11) is 0. The van der Waals surface area contributed by atoms with Crippen LogP contribution in [0.4, 0.5) is 17.1 Å². The molecule has 2 aliphatic heterocycles. The van der Waals surface area contributed by atoms with E-state index < -0.39 is 5.41 Å². The predicted molar refractivity (Wildman–Crippen MR) is 246 cm³/mol. The van der Waals surface area contributed by atoms with Crippen molar-refractivity contribution in [3.8, 4) is 33.8 Å². The van der Waals surface area contributed by atoms with E-state index in [1.807, 2.05) is 42.0 Å². The van der Waals surface area contributed by atoms with E-state index in [0.29, 0.717) is 0 Å². The van der Waals surface area contributed by atoms with Gasteiger partial charge in [-0.05, 0) is 81.7 Å². The maximum Gasteiger partial charge on any atom is 0.0945 e. The summed E-state index contributed by atoms with van der Waals surface area (Å²) < 4.78 is 0. The van der Waals surface area contributed by atoms with Gasteiger partial charge in [0.05, 0.1) is 50.0 Å². The summed E-state index contributed by atoms with van der Waals surface area (Å²) in [4.78, 5) is 23.1. The lowest BCUT2D eigenvalue weighted by Gasteiger charge is -2.42. The van der Waals surface area contributed by atoms with Crippen molar-refractivity contribution in [2.45, 2.75) is 25.0 Å². The Bertz CT molecular complexity index is 3420. The standard InChI is InChI=1S/C54H32N4S2/c1-2-17-35-33(13-1)14-10-24-44(35)58-45-23-6-8-26-48(45)60-53-46(58)30-28-42-52(53)59-47-25-7-5-21-39(47)54(42)40-22-12-32-56-50(40)51-41(54)27-29-43(57-51)37-19-4-3-18-36(37)38-20-9-15-34-16-11-31-55-49(34)38/h1-32H. The minimum atomic E-state index is -0.627. The van der Waals surface area contributed by atoms with Gasteiger partial charge in [0.2, 0.25) is 0 Å². The molecule has 1 unspecified atom stereocenters. The number of pyridine rings is 3. The fourth-order valence-corrected chi connectivity index (χ4v) is 12.5. The molecule has 1 spiro atoms. The Balaban J connectivity index is 1.05. The average Bonchev–Trinajstić information content (AvgIpc) is 3.60. The second kappa shape index (κ2) is 13.0. The van der Waals surface area contributed by atoms with Crippen LogP contribution in [0.15, 0.2) is 214 Å². The van der Waals surface area contributed by atoms with Crippen LogP contribution in [-0.4, -0.2) is 15.0 Å². The molecule has 0 saturated carbocycles. The van der Waals surface area contributed by atoms with Gasteiger partial charge in [-0.3, -0.25) is 9.97 Å². The number of hydrogen-bond donors (Lipinski definition) is 0. The molecule has 1 aliphatic carbocycles. The van der Waals surface area contributed by atoms with E-state index in [-0.39, 0.29) is 0 Å². The third-order valence-corrected chi connectivity index (χ3v) is 14.9. The minimum Gasteiger partial charge on any atom is -0.308 e. The van der Waals surface area contributed by atoms with Crippen LogP contribution in [0.2, 0.25) is 0 Å². The Labute approximate surface area is 355 Å². The first-order valence-electron chi connectivity index (χ1n) is 20.2. The largest absolute Gasteiger partial charge is 0.308 e. The fourth-order valence-electron chi connectivity index (χ4n) is 9.95. The summed E-state index contributed by atoms with van der Waals surface area (Å²) in [6.45, 7) is 0. The highest BCUT2D eigenvalue weighted by atomic mass is 32.2. The second-order valence-corrected chi connectivity index (χ2v) is 17.6. The van der Waals surface area contributed by atoms with Gasteiger partial charge >= 0.3 is 0 Å². The van der Waals surface area contributed by atoms with Crippen molar-refractivity contribution in [3.05, 3.63) is 217 Å². The first-order chi connectivity index (χ1) is 29.8. The van der Waals surface area contributed by atoms with E-state index in [4.69, 9.17) is 15.0 Å². The number of benzene rings is 7. The van der Waals surface area contributed by atoms with Crippen LogP contribution in [0.1, 0.15) is 22.3 Å². The Kier molecular flexibility index (Phi) is 7.35. The molecule has 3 aromatic heterocycles. The number of rotatable bonds is 3. The van der Waals surface area contributed by atoms with E-state index in [9.17, 15) is 0 Å². The maximum absolute atomic E-state index is 5.62. The number of fused-ring (bicyclic) bond motifs is 14. The molecule has 6 heteroatoms. The van der Waals surface area contributed by atoms with Gasteiger partial charge in [0, 0.05) is 49.0 Å². The topological polar surface area (TPSA) is 41.9 Å². The molecule has 10 aromatic rings. The molecule has 7 aromatic carbocycles. The molecule has 1 atom stereocenters. The van der Waals surface area contributed by atoms with Crippen LogP contribution >= 0.6 is 23.5 Å². The highest BCUT2D eigenvalue weighted by Crippen LogP contribution is 2.65. The smallest absolute Gasteiger partial charge is 0.0945 e. The molecule has 0 fully saturated rings. The lowest BCUT2D eigenvalue weighted by Crippen LogP contribution is -2.32. The zero-order chi connectivity index (χ0) is 39.4. The van der Waals surface area contributed by atoms with Gasteiger partial charge in [-0.1, -0.05) is 157 Å². The Morgan fingerprint density at radius 1 is 0.400 bits per heavy atom. The van der Waals surface area contributed by atoms with Crippen LogP contribution in [0.25, 0.3) is 55.4 Å². The van der Waals surface area contributed by atoms with Gasteiger partial charge in [-0.25, -0.2) is 4.98 Å². The first-order valence-corrected chi connectivity index (χ1v) is 21.8. The van der Waals surface area contributed by atoms with Crippen LogP contribution in [0, 0.1) is 0 Å². The Morgan fingerprint density at radius 2 is 1.05 bits per heavy atom. The zero-order valence-electron chi connectivity index (χ0n) is 32.1. The number of nitrogens with zero attached hydrogens (tertiary/aromatic N) is 4. The molecule has 0 amide bonds. The Hall–Kier alpha value is -6.99. The molecule has 60 heavy (non-hydrogen) atoms. The molecule has 4 nitrogen and oxygen atoms in total. The van der Waals surface area contributed by atoms with Gasteiger partial charge in [0.1, 0.15) is 0 Å². The van der Waals surface area contributed by atoms with Gasteiger partial charge in [-0.2, -0.15) is 0 Å². The molecule has 0 saturated heterocycles. The van der Waals surface area contributed by atoms with Crippen molar-refractivity contribution in [3.63, 3.8) is 0 Å². The number of para-hydroxylation sites is 2. The van der Waals surface area contributed by atoms with Crippen molar-refractivity contribution in [1.29, 1.82) is 0 Å². The summed E-state index contributed by atoms with van der Waals surface area (Å²) in [6.07, 6.45) is 3.79. The van der Waals surface area contributed by atoms with Crippen LogP contribution in [0.3, 0.4) is 0 Å². The number of aromatic nitrogens is 3. The molecule has 0 bridgehead atoms. The molecule has 0 radical (unpaired) electrons. The highest BCUT2D eigenvalue weighted by Gasteiger charge is 2.52. The van der Waals surface area contributed by atoms with Crippen molar-refractivity contribution >= 4 is 62.3 Å². The summed E-state index contributed by atoms with van der Waals surface area (Å²) in [5.74, 6) is 0. The summed E-state index contributed by atoms with van der Waals surface area (Å²) in [5.41, 5.74) is 14.8. The van der Waals surface area contributed by atoms with Crippen molar-refractivity contribution in [2.75, 3.05) is 4.90 Å². The van der Waals surface area contributed by atoms with E-state index in [0.717, 1.165) is 55.8 Å². The quantitative estimate of drug-likeness (QED) is 0.177. The minimum absolute atomic E-state index is 0.627. The summed E-state index contributed by atoms with van der Waals surface area (Å²) in [5, 5.41) is 3.57. The van der Waals surface area contributed by atoms with E-state index in [1.54, 1.807) is 0 Å². The highest BCUT2D eigenvalue weighted by molar-refractivity contribution is 8.02. The molecular formula is C54H32N4S2. The van der Waals surface area contributed by atoms with Gasteiger partial charge in [0.15, 0.2) is 0 Å². The monoisotopic (exact) mass is 800 g/mol. The van der Waals surface area contributed by atoms with Crippen LogP contribution in [-0.2, 0) is 5.41 Å². The molecule has 5 heterocycles. The van der Waals surface area contributed by atoms with Crippen molar-refractivity contribution in [2.24, 2.45) is 0 Å². The van der Waals surface area contributed by atoms with Crippen LogP contribution < -0.4 is 4.90 Å². The third-order valence-electron chi connectivity index (χ3n) is 12.4. The normalized spacial score (nSPS) is 15.6. The Morgan fingerprint density at radius 3 is 2.02 bits per heavy atom. The van der Waals surface area contributed by atoms with Gasteiger partial charge < -0.3 is 4.90 Å². The van der Waals surface area contributed by atoms with Crippen molar-refractivity contribution < 1.29 is 0 Å². The lowest BCUT2D eigenvalue weighted by molar-refractivity contribution is 0.711. The molecule has 0 N–H and O–H groups in total. The zero-order valence-corrected chi connectivity index (χ0v) is 33.7. The van der Waals surface area contributed by atoms with Gasteiger partial charge in [-0.15, -0.1) is 0 Å². The molecule has 13 rings (SSSR count). The molecule has 3 aliphatic rings. The fraction of sp³-hybridized carbons (Fsp3) is 0.0185. The summed E-state index contributed by atoms with van der Waals surface area (Å²) >= 11 is 3.77. The summed E-state index contributed by atoms with van der Waals surface area (Å²) in [6, 6.07) is 65.9. The van der Waals surface area contributed by atoms with Crippen molar-refractivity contribution in [1.82, 2.24) is 15.0 Å². The molecular weight excluding hydrogens is 769 g/mol. The number of hydrogen-bond acceptors (Lipinski definition) is 6. The lowest BCUT2D eigenvalue weighted by atomic mass is 9.67. The van der Waals surface area contributed by atoms with E-state index in [2.05, 4.69) is 181 Å². The predicted octanol–water partition coefficient (Wildman–Crippen LogP) is 14.3. The first kappa shape index (κ1) is 33.9.